The summed E-state index contributed by atoms with van der Waals surface area (Å²) < 4.78 is 6.42. The van der Waals surface area contributed by atoms with Gasteiger partial charge in [-0.15, -0.1) is 0 Å². The first-order chi connectivity index (χ1) is 19.1. The number of rotatable bonds is 12. The summed E-state index contributed by atoms with van der Waals surface area (Å²) in [5, 5.41) is 17.7. The number of benzene rings is 1. The van der Waals surface area contributed by atoms with Crippen molar-refractivity contribution >= 4 is 23.3 Å². The van der Waals surface area contributed by atoms with Crippen LogP contribution in [0.4, 0.5) is 5.69 Å². The molecular weight excluding hydrogens is 504 g/mol. The minimum absolute atomic E-state index is 0.00820. The van der Waals surface area contributed by atoms with Gasteiger partial charge in [0.25, 0.3) is 0 Å². The summed E-state index contributed by atoms with van der Waals surface area (Å²) in [6, 6.07) is 8.13. The molecule has 40 heavy (non-hydrogen) atoms. The zero-order valence-electron chi connectivity index (χ0n) is 24.1. The lowest BCUT2D eigenvalue weighted by molar-refractivity contribution is -0.137. The molecule has 0 atom stereocenters. The molecule has 2 fully saturated rings. The van der Waals surface area contributed by atoms with E-state index in [4.69, 9.17) is 20.2 Å². The largest absolute Gasteiger partial charge is 0.491 e. The molecule has 8 heteroatoms. The molecule has 1 aliphatic carbocycles. The van der Waals surface area contributed by atoms with Crippen LogP contribution in [0.15, 0.2) is 24.3 Å². The highest BCUT2D eigenvalue weighted by atomic mass is 16.5. The zero-order valence-corrected chi connectivity index (χ0v) is 24.1. The topological polar surface area (TPSA) is 107 Å². The quantitative estimate of drug-likeness (QED) is 0.252. The molecule has 0 bridgehead atoms. The highest BCUT2D eigenvalue weighted by Gasteiger charge is 2.32. The SMILES string of the molecule is CC(C)(C)c1cc(C(=O)CN2Cc3ccc(C4CC4)nc3C2=N)cc(N2CCCC2)c1OCCCCCC(=O)O. The van der Waals surface area contributed by atoms with Crippen LogP contribution in [0.25, 0.3) is 0 Å². The minimum atomic E-state index is -0.764. The Morgan fingerprint density at radius 1 is 1.10 bits per heavy atom. The average molecular weight is 547 g/mol. The van der Waals surface area contributed by atoms with E-state index in [0.29, 0.717) is 36.9 Å². The van der Waals surface area contributed by atoms with Gasteiger partial charge in [0.2, 0.25) is 0 Å². The molecule has 2 N–H and O–H groups in total. The highest BCUT2D eigenvalue weighted by molar-refractivity contribution is 6.05. The second kappa shape index (κ2) is 11.6. The van der Waals surface area contributed by atoms with E-state index >= 15 is 0 Å². The van der Waals surface area contributed by atoms with Crippen LogP contribution < -0.4 is 9.64 Å². The van der Waals surface area contributed by atoms with Gasteiger partial charge >= 0.3 is 5.97 Å². The number of unbranched alkanes of at least 4 members (excludes halogenated alkanes) is 2. The molecular formula is C32H42N4O4. The normalized spacial score (nSPS) is 16.9. The lowest BCUT2D eigenvalue weighted by Gasteiger charge is -2.30. The van der Waals surface area contributed by atoms with Gasteiger partial charge in [0.15, 0.2) is 5.78 Å². The minimum Gasteiger partial charge on any atom is -0.491 e. The molecule has 1 aromatic carbocycles. The van der Waals surface area contributed by atoms with Crippen molar-refractivity contribution in [3.05, 3.63) is 52.3 Å². The summed E-state index contributed by atoms with van der Waals surface area (Å²) in [6.07, 6.45) is 6.96. The molecule has 1 aromatic heterocycles. The molecule has 3 heterocycles. The number of carbonyl (C=O) groups excluding carboxylic acids is 1. The number of nitrogens with one attached hydrogen (secondary N) is 1. The molecule has 8 nitrogen and oxygen atoms in total. The number of ketones is 1. The Kier molecular flexibility index (Phi) is 8.15. The number of Topliss-reactive ketones (excluding diaryl/α,β-unsaturated/α-hetero) is 1. The van der Waals surface area contributed by atoms with Crippen molar-refractivity contribution in [3.63, 3.8) is 0 Å². The van der Waals surface area contributed by atoms with Crippen LogP contribution in [0, 0.1) is 5.41 Å². The van der Waals surface area contributed by atoms with Gasteiger partial charge in [-0.25, -0.2) is 4.98 Å². The molecule has 0 unspecified atom stereocenters. The van der Waals surface area contributed by atoms with Crippen LogP contribution in [-0.2, 0) is 16.8 Å². The second-order valence-corrected chi connectivity index (χ2v) is 12.5. The highest BCUT2D eigenvalue weighted by Crippen LogP contribution is 2.42. The standard InChI is InChI=1S/C32H42N4O4/c1-32(2,3)24-17-23(18-26(35-14-6-7-15-35)30(24)40-16-8-4-5-9-28(38)39)27(37)20-36-19-22-12-13-25(21-10-11-21)34-29(22)31(36)33/h12-13,17-18,21,33H,4-11,14-16,19-20H2,1-3H3,(H,38,39). The van der Waals surface area contributed by atoms with E-state index in [1.807, 2.05) is 17.0 Å². The average Bonchev–Trinajstić information content (AvgIpc) is 3.53. The molecule has 1 saturated carbocycles. The second-order valence-electron chi connectivity index (χ2n) is 12.5. The van der Waals surface area contributed by atoms with E-state index in [1.54, 1.807) is 0 Å². The number of anilines is 1. The number of carboxylic acid groups (broad SMARTS) is 1. The molecule has 0 radical (unpaired) electrons. The molecule has 2 aliphatic heterocycles. The van der Waals surface area contributed by atoms with Gasteiger partial charge in [-0.05, 0) is 68.6 Å². The maximum Gasteiger partial charge on any atom is 0.303 e. The number of amidine groups is 1. The number of aromatic nitrogens is 1. The fourth-order valence-electron chi connectivity index (χ4n) is 5.68. The van der Waals surface area contributed by atoms with Crippen LogP contribution >= 0.6 is 0 Å². The Bertz CT molecular complexity index is 1290. The molecule has 214 valence electrons. The number of hydrogen-bond donors (Lipinski definition) is 2. The predicted molar refractivity (Wildman–Crippen MR) is 156 cm³/mol. The van der Waals surface area contributed by atoms with Gasteiger partial charge in [-0.3, -0.25) is 15.0 Å². The van der Waals surface area contributed by atoms with Crippen LogP contribution in [0.5, 0.6) is 5.75 Å². The first-order valence-electron chi connectivity index (χ1n) is 14.8. The Hall–Kier alpha value is -3.42. The number of carboxylic acids is 1. The summed E-state index contributed by atoms with van der Waals surface area (Å²) >= 11 is 0. The summed E-state index contributed by atoms with van der Waals surface area (Å²) in [7, 11) is 0. The van der Waals surface area contributed by atoms with Gasteiger partial charge in [0.1, 0.15) is 17.3 Å². The molecule has 0 spiro atoms. The lowest BCUT2D eigenvalue weighted by atomic mass is 9.84. The number of pyridine rings is 1. The van der Waals surface area contributed by atoms with E-state index in [0.717, 1.165) is 72.7 Å². The first kappa shape index (κ1) is 28.1. The summed E-state index contributed by atoms with van der Waals surface area (Å²) in [6.45, 7) is 9.46. The van der Waals surface area contributed by atoms with E-state index in [2.05, 4.69) is 37.8 Å². The van der Waals surface area contributed by atoms with Crippen molar-refractivity contribution in [2.24, 2.45) is 0 Å². The number of aliphatic carboxylic acids is 1. The van der Waals surface area contributed by atoms with Crippen molar-refractivity contribution in [2.45, 2.75) is 90.0 Å². The van der Waals surface area contributed by atoms with Crippen LogP contribution in [0.2, 0.25) is 0 Å². The van der Waals surface area contributed by atoms with Crippen molar-refractivity contribution < 1.29 is 19.4 Å². The van der Waals surface area contributed by atoms with Crippen molar-refractivity contribution in [1.29, 1.82) is 5.41 Å². The number of ether oxygens (including phenoxy) is 1. The smallest absolute Gasteiger partial charge is 0.303 e. The Morgan fingerprint density at radius 2 is 1.85 bits per heavy atom. The number of carbonyl (C=O) groups is 2. The van der Waals surface area contributed by atoms with Crippen molar-refractivity contribution in [3.8, 4) is 5.75 Å². The van der Waals surface area contributed by atoms with Crippen LogP contribution in [0.1, 0.15) is 111 Å². The third kappa shape index (κ3) is 6.31. The fourth-order valence-corrected chi connectivity index (χ4v) is 5.68. The number of hydrogen-bond acceptors (Lipinski definition) is 6. The Morgan fingerprint density at radius 3 is 2.52 bits per heavy atom. The first-order valence-corrected chi connectivity index (χ1v) is 14.8. The summed E-state index contributed by atoms with van der Waals surface area (Å²) in [5.74, 6) is 0.928. The monoisotopic (exact) mass is 546 g/mol. The maximum atomic E-state index is 13.8. The lowest BCUT2D eigenvalue weighted by Crippen LogP contribution is -2.31. The molecule has 5 rings (SSSR count). The molecule has 1 saturated heterocycles. The fraction of sp³-hybridized carbons (Fsp3) is 0.562. The third-order valence-electron chi connectivity index (χ3n) is 8.16. The Balaban J connectivity index is 1.36. The van der Waals surface area contributed by atoms with Crippen LogP contribution in [-0.4, -0.2) is 58.8 Å². The molecule has 3 aliphatic rings. The van der Waals surface area contributed by atoms with E-state index in [-0.39, 0.29) is 24.2 Å². The molecule has 0 amide bonds. The van der Waals surface area contributed by atoms with Crippen LogP contribution in [0.3, 0.4) is 0 Å². The maximum absolute atomic E-state index is 13.8. The van der Waals surface area contributed by atoms with Crippen molar-refractivity contribution in [2.75, 3.05) is 31.1 Å². The third-order valence-corrected chi connectivity index (χ3v) is 8.16. The van der Waals surface area contributed by atoms with Gasteiger partial charge < -0.3 is 19.6 Å². The summed E-state index contributed by atoms with van der Waals surface area (Å²) in [5.41, 5.74) is 5.18. The van der Waals surface area contributed by atoms with Gasteiger partial charge in [-0.2, -0.15) is 0 Å². The van der Waals surface area contributed by atoms with Crippen molar-refractivity contribution in [1.82, 2.24) is 9.88 Å². The summed E-state index contributed by atoms with van der Waals surface area (Å²) in [4.78, 5) is 33.5. The number of nitrogens with zero attached hydrogens (tertiary/aromatic N) is 3. The van der Waals surface area contributed by atoms with Gasteiger partial charge in [0, 0.05) is 54.4 Å². The van der Waals surface area contributed by atoms with Gasteiger partial charge in [-0.1, -0.05) is 26.8 Å². The van der Waals surface area contributed by atoms with E-state index in [9.17, 15) is 9.59 Å². The Labute approximate surface area is 237 Å². The number of fused-ring (bicyclic) bond motifs is 1. The van der Waals surface area contributed by atoms with Gasteiger partial charge in [0.05, 0.1) is 18.8 Å². The van der Waals surface area contributed by atoms with E-state index in [1.165, 1.54) is 12.8 Å². The predicted octanol–water partition coefficient (Wildman–Crippen LogP) is 5.90. The van der Waals surface area contributed by atoms with E-state index < -0.39 is 5.97 Å². The zero-order chi connectivity index (χ0) is 28.4. The molecule has 2 aromatic rings.